The summed E-state index contributed by atoms with van der Waals surface area (Å²) in [7, 11) is 0. The van der Waals surface area contributed by atoms with Crippen LogP contribution in [-0.4, -0.2) is 40.1 Å². The first-order chi connectivity index (χ1) is 16.3. The van der Waals surface area contributed by atoms with Crippen LogP contribution in [-0.2, 0) is 16.0 Å². The maximum atomic E-state index is 12.9. The summed E-state index contributed by atoms with van der Waals surface area (Å²) in [6.45, 7) is 0. The average Bonchev–Trinajstić information content (AvgIpc) is 2.84. The number of rotatable bonds is 9. The van der Waals surface area contributed by atoms with Crippen molar-refractivity contribution < 1.29 is 24.6 Å². The van der Waals surface area contributed by atoms with E-state index < -0.39 is 36.0 Å². The second kappa shape index (κ2) is 11.7. The molecule has 0 spiro atoms. The zero-order chi connectivity index (χ0) is 24.7. The smallest absolute Gasteiger partial charge is 0.326 e. The number of hydrogen-bond acceptors (Lipinski definition) is 4. The van der Waals surface area contributed by atoms with Crippen molar-refractivity contribution in [3.05, 3.63) is 106 Å². The van der Waals surface area contributed by atoms with Gasteiger partial charge in [-0.2, -0.15) is 0 Å². The van der Waals surface area contributed by atoms with E-state index in [1.165, 1.54) is 6.07 Å². The van der Waals surface area contributed by atoms with Gasteiger partial charge in [0.05, 0.1) is 6.04 Å². The van der Waals surface area contributed by atoms with Gasteiger partial charge in [0.15, 0.2) is 6.10 Å². The molecule has 0 fully saturated rings. The molecule has 0 saturated heterocycles. The number of carboxylic acids is 1. The molecule has 3 aromatic carbocycles. The van der Waals surface area contributed by atoms with Gasteiger partial charge in [0, 0.05) is 22.0 Å². The van der Waals surface area contributed by atoms with E-state index in [4.69, 9.17) is 23.2 Å². The summed E-state index contributed by atoms with van der Waals surface area (Å²) < 4.78 is 0. The molecule has 0 radical (unpaired) electrons. The molecule has 0 aromatic heterocycles. The molecular formula is C25H22Cl2N2O5. The summed E-state index contributed by atoms with van der Waals surface area (Å²) in [4.78, 5) is 37.4. The van der Waals surface area contributed by atoms with Crippen molar-refractivity contribution in [1.82, 2.24) is 10.6 Å². The van der Waals surface area contributed by atoms with Gasteiger partial charge < -0.3 is 20.8 Å². The largest absolute Gasteiger partial charge is 0.480 e. The Hall–Kier alpha value is -3.39. The molecule has 0 saturated carbocycles. The molecule has 0 aliphatic rings. The third-order valence-corrected chi connectivity index (χ3v) is 5.71. The van der Waals surface area contributed by atoms with Crippen LogP contribution < -0.4 is 10.6 Å². The fraction of sp³-hybridized carbons (Fsp3) is 0.160. The molecule has 3 aromatic rings. The maximum absolute atomic E-state index is 12.9. The van der Waals surface area contributed by atoms with Crippen LogP contribution in [0.5, 0.6) is 0 Å². The maximum Gasteiger partial charge on any atom is 0.326 e. The van der Waals surface area contributed by atoms with Crippen molar-refractivity contribution >= 4 is 41.0 Å². The number of nitrogens with one attached hydrogen (secondary N) is 2. The van der Waals surface area contributed by atoms with Crippen molar-refractivity contribution in [2.24, 2.45) is 0 Å². The SMILES string of the molecule is O=C(N[C@@H](c1ccccc1)[C@@H](O)C(=O)N[C@H](Cc1ccc(Cl)cc1Cl)C(=O)O)c1ccccc1. The van der Waals surface area contributed by atoms with Crippen molar-refractivity contribution in [2.75, 3.05) is 0 Å². The lowest BCUT2D eigenvalue weighted by Crippen LogP contribution is -2.50. The highest BCUT2D eigenvalue weighted by molar-refractivity contribution is 6.35. The molecule has 7 nitrogen and oxygen atoms in total. The molecule has 0 heterocycles. The van der Waals surface area contributed by atoms with Gasteiger partial charge in [-0.25, -0.2) is 4.79 Å². The Bertz CT molecular complexity index is 1160. The highest BCUT2D eigenvalue weighted by atomic mass is 35.5. The molecule has 3 atom stereocenters. The van der Waals surface area contributed by atoms with E-state index in [9.17, 15) is 24.6 Å². The molecule has 34 heavy (non-hydrogen) atoms. The molecule has 176 valence electrons. The van der Waals surface area contributed by atoms with Crippen molar-refractivity contribution in [2.45, 2.75) is 24.6 Å². The van der Waals surface area contributed by atoms with E-state index in [0.717, 1.165) is 0 Å². The Morgan fingerprint density at radius 3 is 2.06 bits per heavy atom. The highest BCUT2D eigenvalue weighted by Gasteiger charge is 2.32. The highest BCUT2D eigenvalue weighted by Crippen LogP contribution is 2.23. The van der Waals surface area contributed by atoms with E-state index in [2.05, 4.69) is 10.6 Å². The summed E-state index contributed by atoms with van der Waals surface area (Å²) in [6, 6.07) is 18.9. The van der Waals surface area contributed by atoms with E-state index in [0.29, 0.717) is 21.7 Å². The van der Waals surface area contributed by atoms with Gasteiger partial charge in [0.1, 0.15) is 6.04 Å². The van der Waals surface area contributed by atoms with Crippen LogP contribution in [0.15, 0.2) is 78.9 Å². The first-order valence-electron chi connectivity index (χ1n) is 10.3. The van der Waals surface area contributed by atoms with Crippen LogP contribution >= 0.6 is 23.2 Å². The topological polar surface area (TPSA) is 116 Å². The first-order valence-corrected chi connectivity index (χ1v) is 11.1. The van der Waals surface area contributed by atoms with Gasteiger partial charge in [-0.3, -0.25) is 9.59 Å². The molecule has 0 aliphatic heterocycles. The molecule has 9 heteroatoms. The lowest BCUT2D eigenvalue weighted by Gasteiger charge is -2.25. The second-order valence-electron chi connectivity index (χ2n) is 7.51. The zero-order valence-electron chi connectivity index (χ0n) is 17.8. The van der Waals surface area contributed by atoms with Crippen LogP contribution in [0.25, 0.3) is 0 Å². The van der Waals surface area contributed by atoms with Gasteiger partial charge in [-0.05, 0) is 35.4 Å². The molecule has 0 bridgehead atoms. The van der Waals surface area contributed by atoms with Crippen LogP contribution in [0.1, 0.15) is 27.5 Å². The van der Waals surface area contributed by atoms with Crippen molar-refractivity contribution in [3.63, 3.8) is 0 Å². The number of aliphatic carboxylic acids is 1. The van der Waals surface area contributed by atoms with E-state index >= 15 is 0 Å². The summed E-state index contributed by atoms with van der Waals surface area (Å²) in [5.41, 5.74) is 1.28. The van der Waals surface area contributed by atoms with Crippen LogP contribution in [0.2, 0.25) is 10.0 Å². The predicted molar refractivity (Wildman–Crippen MR) is 129 cm³/mol. The predicted octanol–water partition coefficient (Wildman–Crippen LogP) is 3.64. The average molecular weight is 501 g/mol. The van der Waals surface area contributed by atoms with Gasteiger partial charge in [-0.15, -0.1) is 0 Å². The Morgan fingerprint density at radius 2 is 1.47 bits per heavy atom. The number of carbonyl (C=O) groups is 3. The Kier molecular flexibility index (Phi) is 8.65. The number of carbonyl (C=O) groups excluding carboxylic acids is 2. The number of aliphatic hydroxyl groups is 1. The summed E-state index contributed by atoms with van der Waals surface area (Å²) in [5, 5.41) is 26.1. The number of hydrogen-bond donors (Lipinski definition) is 4. The molecule has 0 aliphatic carbocycles. The standard InChI is InChI=1S/C25H22Cl2N2O5/c26-18-12-11-17(19(27)14-18)13-20(25(33)34)28-24(32)22(30)21(15-7-3-1-4-8-15)29-23(31)16-9-5-2-6-10-16/h1-12,14,20-22,30H,13H2,(H,28,32)(H,29,31)(H,33,34)/t20-,21+,22-/m1/s1. The summed E-state index contributed by atoms with van der Waals surface area (Å²) >= 11 is 12.0. The Morgan fingerprint density at radius 1 is 0.853 bits per heavy atom. The van der Waals surface area contributed by atoms with Crippen LogP contribution in [0.3, 0.4) is 0 Å². The van der Waals surface area contributed by atoms with Crippen LogP contribution in [0, 0.1) is 0 Å². The summed E-state index contributed by atoms with van der Waals surface area (Å²) in [5.74, 6) is -2.76. The number of carboxylic acid groups (broad SMARTS) is 1. The second-order valence-corrected chi connectivity index (χ2v) is 8.36. The normalized spacial score (nSPS) is 13.4. The zero-order valence-corrected chi connectivity index (χ0v) is 19.3. The number of aliphatic hydroxyl groups excluding tert-OH is 1. The number of halogens is 2. The third-order valence-electron chi connectivity index (χ3n) is 5.12. The quantitative estimate of drug-likeness (QED) is 0.358. The minimum absolute atomic E-state index is 0.129. The Labute approximate surface area is 206 Å². The minimum atomic E-state index is -1.77. The lowest BCUT2D eigenvalue weighted by molar-refractivity contribution is -0.143. The monoisotopic (exact) mass is 500 g/mol. The third kappa shape index (κ3) is 6.57. The van der Waals surface area contributed by atoms with Crippen molar-refractivity contribution in [3.8, 4) is 0 Å². The van der Waals surface area contributed by atoms with Gasteiger partial charge in [0.2, 0.25) is 0 Å². The fourth-order valence-electron chi connectivity index (χ4n) is 3.33. The van der Waals surface area contributed by atoms with E-state index in [1.54, 1.807) is 72.8 Å². The van der Waals surface area contributed by atoms with Gasteiger partial charge >= 0.3 is 5.97 Å². The molecule has 0 unspecified atom stereocenters. The number of amides is 2. The summed E-state index contributed by atoms with van der Waals surface area (Å²) in [6.07, 6.45) is -1.89. The molecular weight excluding hydrogens is 479 g/mol. The first kappa shape index (κ1) is 25.2. The van der Waals surface area contributed by atoms with E-state index in [-0.39, 0.29) is 11.4 Å². The molecule has 2 amide bonds. The fourth-order valence-corrected chi connectivity index (χ4v) is 3.82. The lowest BCUT2D eigenvalue weighted by atomic mass is 9.99. The Balaban J connectivity index is 1.80. The number of benzene rings is 3. The minimum Gasteiger partial charge on any atom is -0.480 e. The van der Waals surface area contributed by atoms with Crippen LogP contribution in [0.4, 0.5) is 0 Å². The van der Waals surface area contributed by atoms with Gasteiger partial charge in [-0.1, -0.05) is 77.8 Å². The molecule has 4 N–H and O–H groups in total. The van der Waals surface area contributed by atoms with E-state index in [1.807, 2.05) is 0 Å². The molecule has 3 rings (SSSR count). The van der Waals surface area contributed by atoms with Gasteiger partial charge in [0.25, 0.3) is 11.8 Å². The van der Waals surface area contributed by atoms with Crippen molar-refractivity contribution in [1.29, 1.82) is 0 Å².